The van der Waals surface area contributed by atoms with Gasteiger partial charge in [0.05, 0.1) is 30.7 Å². The number of ether oxygens (including phenoxy) is 1. The Morgan fingerprint density at radius 3 is 2.29 bits per heavy atom. The minimum Gasteiger partial charge on any atom is -0.378 e. The highest BCUT2D eigenvalue weighted by Crippen LogP contribution is 2.22. The van der Waals surface area contributed by atoms with E-state index in [0.29, 0.717) is 32.1 Å². The zero-order valence-corrected chi connectivity index (χ0v) is 18.8. The summed E-state index contributed by atoms with van der Waals surface area (Å²) in [6, 6.07) is 25.5. The summed E-state index contributed by atoms with van der Waals surface area (Å²) >= 11 is 0. The molecule has 4 aromatic rings. The van der Waals surface area contributed by atoms with Gasteiger partial charge in [-0.3, -0.25) is 9.59 Å². The first kappa shape index (κ1) is 21.9. The normalized spacial score (nSPS) is 13.7. The first-order valence-electron chi connectivity index (χ1n) is 11.4. The zero-order valence-electron chi connectivity index (χ0n) is 18.8. The molecule has 172 valence electrons. The summed E-state index contributed by atoms with van der Waals surface area (Å²) in [4.78, 5) is 32.2. The van der Waals surface area contributed by atoms with E-state index in [1.165, 1.54) is 0 Å². The second kappa shape index (κ2) is 9.89. The van der Waals surface area contributed by atoms with Crippen molar-refractivity contribution in [2.45, 2.75) is 13.0 Å². The number of nitrogens with one attached hydrogen (secondary N) is 1. The van der Waals surface area contributed by atoms with Crippen molar-refractivity contribution in [3.05, 3.63) is 84.7 Å². The van der Waals surface area contributed by atoms with Gasteiger partial charge in [0.15, 0.2) is 0 Å². The van der Waals surface area contributed by atoms with E-state index < -0.39 is 0 Å². The number of imidazole rings is 1. The Kier molecular flexibility index (Phi) is 6.35. The highest BCUT2D eigenvalue weighted by atomic mass is 16.5. The lowest BCUT2D eigenvalue weighted by Gasteiger charge is -2.26. The molecule has 1 aliphatic heterocycles. The van der Waals surface area contributed by atoms with E-state index in [4.69, 9.17) is 4.74 Å². The molecule has 0 aliphatic carbocycles. The maximum Gasteiger partial charge on any atom is 0.244 e. The smallest absolute Gasteiger partial charge is 0.244 e. The van der Waals surface area contributed by atoms with Crippen molar-refractivity contribution in [2.75, 3.05) is 31.6 Å². The number of hydrogen-bond acceptors (Lipinski definition) is 4. The topological polar surface area (TPSA) is 76.5 Å². The molecule has 7 nitrogen and oxygen atoms in total. The van der Waals surface area contributed by atoms with Crippen LogP contribution < -0.4 is 5.32 Å². The second-order valence-corrected chi connectivity index (χ2v) is 8.26. The van der Waals surface area contributed by atoms with Crippen molar-refractivity contribution >= 4 is 28.5 Å². The van der Waals surface area contributed by atoms with Gasteiger partial charge in [0.25, 0.3) is 0 Å². The third kappa shape index (κ3) is 4.84. The van der Waals surface area contributed by atoms with Crippen LogP contribution in [-0.2, 0) is 27.3 Å². The van der Waals surface area contributed by atoms with Crippen LogP contribution >= 0.6 is 0 Å². The molecule has 3 aromatic carbocycles. The van der Waals surface area contributed by atoms with Crippen molar-refractivity contribution < 1.29 is 14.3 Å². The molecular weight excluding hydrogens is 428 g/mol. The summed E-state index contributed by atoms with van der Waals surface area (Å²) in [6.07, 6.45) is 0.147. The van der Waals surface area contributed by atoms with Gasteiger partial charge in [-0.15, -0.1) is 0 Å². The van der Waals surface area contributed by atoms with E-state index in [1.54, 1.807) is 4.90 Å². The van der Waals surface area contributed by atoms with Crippen LogP contribution in [0, 0.1) is 0 Å². The van der Waals surface area contributed by atoms with Crippen molar-refractivity contribution in [1.29, 1.82) is 0 Å². The fourth-order valence-electron chi connectivity index (χ4n) is 4.22. The van der Waals surface area contributed by atoms with Crippen LogP contribution in [0.4, 0.5) is 5.69 Å². The summed E-state index contributed by atoms with van der Waals surface area (Å²) < 4.78 is 7.18. The largest absolute Gasteiger partial charge is 0.378 e. The molecule has 0 atom stereocenters. The number of amides is 2. The number of hydrogen-bond donors (Lipinski definition) is 1. The van der Waals surface area contributed by atoms with E-state index in [9.17, 15) is 9.59 Å². The number of anilines is 1. The van der Waals surface area contributed by atoms with Gasteiger partial charge in [0, 0.05) is 18.8 Å². The quantitative estimate of drug-likeness (QED) is 0.482. The Morgan fingerprint density at radius 2 is 1.53 bits per heavy atom. The van der Waals surface area contributed by atoms with Gasteiger partial charge in [-0.05, 0) is 35.4 Å². The lowest BCUT2D eigenvalue weighted by molar-refractivity contribution is -0.134. The van der Waals surface area contributed by atoms with Gasteiger partial charge in [-0.2, -0.15) is 0 Å². The van der Waals surface area contributed by atoms with Crippen LogP contribution in [0.3, 0.4) is 0 Å². The molecular formula is C27H26N4O3. The average molecular weight is 455 g/mol. The monoisotopic (exact) mass is 454 g/mol. The summed E-state index contributed by atoms with van der Waals surface area (Å²) in [5.74, 6) is 0.416. The predicted molar refractivity (Wildman–Crippen MR) is 131 cm³/mol. The van der Waals surface area contributed by atoms with Gasteiger partial charge < -0.3 is 19.5 Å². The highest BCUT2D eigenvalue weighted by molar-refractivity contribution is 5.92. The Balaban J connectivity index is 1.32. The van der Waals surface area contributed by atoms with Crippen LogP contribution in [-0.4, -0.2) is 52.6 Å². The molecule has 1 aromatic heterocycles. The third-order valence-electron chi connectivity index (χ3n) is 5.98. The van der Waals surface area contributed by atoms with Gasteiger partial charge in [0.2, 0.25) is 11.8 Å². The minimum atomic E-state index is -0.171. The summed E-state index contributed by atoms with van der Waals surface area (Å²) in [7, 11) is 0. The van der Waals surface area contributed by atoms with Crippen LogP contribution in [0.15, 0.2) is 78.9 Å². The molecule has 0 radical (unpaired) electrons. The van der Waals surface area contributed by atoms with E-state index in [1.807, 2.05) is 71.3 Å². The maximum atomic E-state index is 12.9. The number of carbonyl (C=O) groups is 2. The molecule has 0 spiro atoms. The molecule has 1 saturated heterocycles. The average Bonchev–Trinajstić information content (AvgIpc) is 3.22. The molecule has 1 fully saturated rings. The van der Waals surface area contributed by atoms with E-state index in [0.717, 1.165) is 27.8 Å². The van der Waals surface area contributed by atoms with Crippen molar-refractivity contribution in [3.63, 3.8) is 0 Å². The van der Waals surface area contributed by atoms with Crippen molar-refractivity contribution in [1.82, 2.24) is 14.5 Å². The van der Waals surface area contributed by atoms with E-state index in [2.05, 4.69) is 22.4 Å². The molecule has 34 heavy (non-hydrogen) atoms. The van der Waals surface area contributed by atoms with Crippen molar-refractivity contribution in [2.24, 2.45) is 0 Å². The standard InChI is InChI=1S/C27H26N4O3/c32-26(28-22-12-10-21(11-13-22)20-6-2-1-3-7-20)19-31-24-9-5-4-8-23(24)29-25(31)18-27(33)30-14-16-34-17-15-30/h1-13H,14-19H2,(H,28,32). The summed E-state index contributed by atoms with van der Waals surface area (Å²) in [5.41, 5.74) is 4.54. The molecule has 2 heterocycles. The van der Waals surface area contributed by atoms with Gasteiger partial charge in [0.1, 0.15) is 12.4 Å². The number of nitrogens with zero attached hydrogens (tertiary/aromatic N) is 3. The minimum absolute atomic E-state index is 0.00300. The Bertz CT molecular complexity index is 1290. The first-order chi connectivity index (χ1) is 16.7. The SMILES string of the molecule is O=C(Cn1c(CC(=O)N2CCOCC2)nc2ccccc21)Nc1ccc(-c2ccccc2)cc1. The number of para-hydroxylation sites is 2. The second-order valence-electron chi connectivity index (χ2n) is 8.26. The lowest BCUT2D eigenvalue weighted by atomic mass is 10.1. The summed E-state index contributed by atoms with van der Waals surface area (Å²) in [6.45, 7) is 2.34. The molecule has 5 rings (SSSR count). The Hall–Kier alpha value is -3.97. The Morgan fingerprint density at radius 1 is 0.853 bits per heavy atom. The third-order valence-corrected chi connectivity index (χ3v) is 5.98. The van der Waals surface area contributed by atoms with E-state index >= 15 is 0 Å². The van der Waals surface area contributed by atoms with Gasteiger partial charge in [-0.1, -0.05) is 54.6 Å². The highest BCUT2D eigenvalue weighted by Gasteiger charge is 2.21. The Labute approximate surface area is 198 Å². The van der Waals surface area contributed by atoms with Gasteiger partial charge in [-0.25, -0.2) is 4.98 Å². The number of fused-ring (bicyclic) bond motifs is 1. The molecule has 0 saturated carbocycles. The number of aromatic nitrogens is 2. The molecule has 2 amide bonds. The fourth-order valence-corrected chi connectivity index (χ4v) is 4.22. The number of benzene rings is 3. The first-order valence-corrected chi connectivity index (χ1v) is 11.4. The molecule has 0 bridgehead atoms. The molecule has 1 aliphatic rings. The van der Waals surface area contributed by atoms with Crippen LogP contribution in [0.1, 0.15) is 5.82 Å². The molecule has 7 heteroatoms. The fraction of sp³-hybridized carbons (Fsp3) is 0.222. The van der Waals surface area contributed by atoms with Crippen LogP contribution in [0.5, 0.6) is 0 Å². The van der Waals surface area contributed by atoms with Gasteiger partial charge >= 0.3 is 0 Å². The predicted octanol–water partition coefficient (Wildman–Crippen LogP) is 3.74. The lowest BCUT2D eigenvalue weighted by Crippen LogP contribution is -2.41. The zero-order chi connectivity index (χ0) is 23.3. The maximum absolute atomic E-state index is 12.9. The van der Waals surface area contributed by atoms with Crippen molar-refractivity contribution in [3.8, 4) is 11.1 Å². The number of rotatable bonds is 6. The van der Waals surface area contributed by atoms with Crippen LogP contribution in [0.25, 0.3) is 22.2 Å². The van der Waals surface area contributed by atoms with E-state index in [-0.39, 0.29) is 24.8 Å². The summed E-state index contributed by atoms with van der Waals surface area (Å²) in [5, 5.41) is 2.97. The molecule has 1 N–H and O–H groups in total. The number of carbonyl (C=O) groups excluding carboxylic acids is 2. The number of morpholine rings is 1. The molecule has 0 unspecified atom stereocenters. The van der Waals surface area contributed by atoms with Crippen LogP contribution in [0.2, 0.25) is 0 Å².